The highest BCUT2D eigenvalue weighted by atomic mass is 35.5. The van der Waals surface area contributed by atoms with E-state index in [0.717, 1.165) is 99.6 Å². The fourth-order valence-corrected chi connectivity index (χ4v) is 13.7. The first-order chi connectivity index (χ1) is 37.0. The van der Waals surface area contributed by atoms with Gasteiger partial charge >= 0.3 is 24.3 Å². The Balaban J connectivity index is 0.858. The smallest absolute Gasteiger partial charge is 0.453 e. The van der Waals surface area contributed by atoms with Gasteiger partial charge in [-0.05, 0) is 118 Å². The van der Waals surface area contributed by atoms with E-state index in [4.69, 9.17) is 31.5 Å². The Morgan fingerprint density at radius 2 is 1.67 bits per heavy atom. The van der Waals surface area contributed by atoms with E-state index < -0.39 is 47.9 Å². The number of unbranched alkanes of at least 4 members (excludes halogenated alkanes) is 6. The number of hydrogen-bond donors (Lipinski definition) is 2. The lowest BCUT2D eigenvalue weighted by atomic mass is 9.52. The molecule has 0 saturated heterocycles. The summed E-state index contributed by atoms with van der Waals surface area (Å²) in [4.78, 5) is 42.4. The van der Waals surface area contributed by atoms with Crippen molar-refractivity contribution in [3.05, 3.63) is 69.3 Å². The summed E-state index contributed by atoms with van der Waals surface area (Å²) in [5, 5.41) is 11.9. The number of aromatic nitrogens is 4. The fourth-order valence-electron chi connectivity index (χ4n) is 12.2. The van der Waals surface area contributed by atoms with Gasteiger partial charge in [0.05, 0.1) is 36.4 Å². The average molecular weight is 1130 g/mol. The van der Waals surface area contributed by atoms with Crippen LogP contribution in [0.4, 0.5) is 37.5 Å². The lowest BCUT2D eigenvalue weighted by Crippen LogP contribution is -2.47. The summed E-state index contributed by atoms with van der Waals surface area (Å²) >= 11 is 6.55. The maximum atomic E-state index is 13.4. The third kappa shape index (κ3) is 14.4. The molecule has 428 valence electrons. The monoisotopic (exact) mass is 1130 g/mol. The summed E-state index contributed by atoms with van der Waals surface area (Å²) in [6, 6.07) is 6.01. The number of nitrogens with zero attached hydrogens (tertiary/aromatic N) is 6. The summed E-state index contributed by atoms with van der Waals surface area (Å²) in [5.74, 6) is 4.45. The normalized spacial score (nSPS) is 21.2. The molecule has 7 rings (SSSR count). The molecule has 21 heteroatoms. The number of carbonyl (C=O) groups excluding carboxylic acids is 2. The molecule has 7 atom stereocenters. The zero-order chi connectivity index (χ0) is 56.5. The Labute approximate surface area is 462 Å². The minimum atomic E-state index is -5.58. The molecular formula is C57H75ClF5N7O7S. The number of nitrogens with two attached hydrogens (primary N) is 1. The second-order valence-corrected chi connectivity index (χ2v) is 23.9. The summed E-state index contributed by atoms with van der Waals surface area (Å²) in [6.07, 6.45) is 7.29. The number of hydrogen-bond acceptors (Lipinski definition) is 11. The average Bonchev–Trinajstić information content (AvgIpc) is 3.95. The summed E-state index contributed by atoms with van der Waals surface area (Å²) in [5.41, 5.74) is 12.0. The number of rotatable bonds is 23. The lowest BCUT2D eigenvalue weighted by Gasteiger charge is -2.53. The molecule has 0 bridgehead atoms. The van der Waals surface area contributed by atoms with Gasteiger partial charge < -0.3 is 39.4 Å². The van der Waals surface area contributed by atoms with E-state index in [1.165, 1.54) is 20.9 Å². The van der Waals surface area contributed by atoms with Crippen LogP contribution in [-0.4, -0.2) is 121 Å². The maximum absolute atomic E-state index is 13.4. The van der Waals surface area contributed by atoms with Gasteiger partial charge in [-0.25, -0.2) is 14.6 Å². The van der Waals surface area contributed by atoms with Gasteiger partial charge in [-0.2, -0.15) is 26.9 Å². The summed E-state index contributed by atoms with van der Waals surface area (Å²) < 4.78 is 94.7. The number of fused-ring (bicyclic) bond motifs is 6. The van der Waals surface area contributed by atoms with Crippen LogP contribution < -0.4 is 15.2 Å². The first kappa shape index (κ1) is 60.4. The van der Waals surface area contributed by atoms with Gasteiger partial charge in [-0.3, -0.25) is 9.19 Å². The Morgan fingerprint density at radius 3 is 2.38 bits per heavy atom. The van der Waals surface area contributed by atoms with Crippen molar-refractivity contribution < 1.29 is 55.1 Å². The first-order valence-corrected chi connectivity index (χ1v) is 29.1. The molecule has 2 fully saturated rings. The molecule has 2 saturated carbocycles. The van der Waals surface area contributed by atoms with Crippen molar-refractivity contribution in [2.24, 2.45) is 23.2 Å². The molecule has 4 aromatic rings. The van der Waals surface area contributed by atoms with Gasteiger partial charge in [0.15, 0.2) is 0 Å². The van der Waals surface area contributed by atoms with E-state index in [-0.39, 0.29) is 54.5 Å². The fraction of sp³-hybridized carbons (Fsp3) is 0.632. The second-order valence-electron chi connectivity index (χ2n) is 21.8. The molecule has 3 aliphatic carbocycles. The molecule has 1 unspecified atom stereocenters. The van der Waals surface area contributed by atoms with Gasteiger partial charge in [0.25, 0.3) is 0 Å². The Morgan fingerprint density at radius 1 is 0.974 bits per heavy atom. The van der Waals surface area contributed by atoms with Gasteiger partial charge in [0.1, 0.15) is 28.9 Å². The number of aryl methyl sites for hydroxylation is 1. The largest absolute Gasteiger partial charge is 0.496 e. The number of carbonyl (C=O) groups is 2. The maximum Gasteiger partial charge on any atom is 0.453 e. The number of aliphatic hydroxyl groups is 1. The quantitative estimate of drug-likeness (QED) is 0.0313. The molecule has 3 aliphatic rings. The van der Waals surface area contributed by atoms with Crippen molar-refractivity contribution in [1.82, 2.24) is 29.3 Å². The Bertz CT molecular complexity index is 2840. The number of nitrogen functional groups attached to an aromatic ring is 1. The number of ether oxygens (including phenoxy) is 3. The van der Waals surface area contributed by atoms with E-state index in [2.05, 4.69) is 39.8 Å². The number of pyridine rings is 1. The minimum absolute atomic E-state index is 0.0210. The molecule has 3 N–H and O–H groups in total. The van der Waals surface area contributed by atoms with Crippen molar-refractivity contribution >= 4 is 51.6 Å². The third-order valence-corrected chi connectivity index (χ3v) is 18.3. The van der Waals surface area contributed by atoms with Crippen LogP contribution in [0.15, 0.2) is 30.6 Å². The number of anilines is 1. The van der Waals surface area contributed by atoms with Crippen LogP contribution in [0.3, 0.4) is 0 Å². The zero-order valence-corrected chi connectivity index (χ0v) is 47.2. The highest BCUT2D eigenvalue weighted by molar-refractivity contribution is 7.84. The number of methoxy groups -OCH3 is 1. The van der Waals surface area contributed by atoms with Gasteiger partial charge in [-0.15, -0.1) is 0 Å². The predicted octanol–water partition coefficient (Wildman–Crippen LogP) is 12.0. The molecule has 0 spiro atoms. The van der Waals surface area contributed by atoms with Crippen LogP contribution in [0.1, 0.15) is 143 Å². The molecule has 2 amide bonds. The van der Waals surface area contributed by atoms with Crippen molar-refractivity contribution in [2.45, 2.75) is 154 Å². The van der Waals surface area contributed by atoms with Gasteiger partial charge in [0, 0.05) is 85.9 Å². The molecule has 1 aromatic carbocycles. The van der Waals surface area contributed by atoms with E-state index in [1.807, 2.05) is 36.7 Å². The van der Waals surface area contributed by atoms with E-state index in [9.17, 15) is 40.9 Å². The number of alkyl halides is 5. The number of amides is 2. The molecular weight excluding hydrogens is 1060 g/mol. The highest BCUT2D eigenvalue weighted by Crippen LogP contribution is 2.63. The van der Waals surface area contributed by atoms with Gasteiger partial charge in [0.2, 0.25) is 5.95 Å². The molecule has 14 nitrogen and oxygen atoms in total. The van der Waals surface area contributed by atoms with Crippen LogP contribution in [0, 0.1) is 48.9 Å². The van der Waals surface area contributed by atoms with Crippen LogP contribution in [0.5, 0.6) is 11.5 Å². The van der Waals surface area contributed by atoms with Gasteiger partial charge in [-0.1, -0.05) is 75.0 Å². The van der Waals surface area contributed by atoms with Crippen LogP contribution >= 0.6 is 11.6 Å². The zero-order valence-electron chi connectivity index (χ0n) is 45.7. The van der Waals surface area contributed by atoms with Crippen LogP contribution in [0.25, 0.3) is 11.0 Å². The first-order valence-electron chi connectivity index (χ1n) is 27.2. The highest BCUT2D eigenvalue weighted by Gasteiger charge is 2.57. The van der Waals surface area contributed by atoms with Crippen molar-refractivity contribution in [1.29, 1.82) is 0 Å². The van der Waals surface area contributed by atoms with E-state index >= 15 is 0 Å². The van der Waals surface area contributed by atoms with E-state index in [0.29, 0.717) is 64.7 Å². The predicted molar refractivity (Wildman–Crippen MR) is 291 cm³/mol. The minimum Gasteiger partial charge on any atom is -0.496 e. The molecule has 0 radical (unpaired) electrons. The molecule has 0 aliphatic heterocycles. The van der Waals surface area contributed by atoms with Crippen molar-refractivity contribution in [3.63, 3.8) is 0 Å². The SMILES string of the molecule is COc1c(C)cnc(Cn2cc(C#CCCOC(=O)N(C)CCN(C)C(=O)Oc3ccc4c(c3)C[C@@H](CCCCCCCCCS(=O)CCCC(F)(F)C(F)(F)F)[C@H]3[C@H]5CC[C@H](O)[C@@]5(C)CC[C@@H]43)c3c(Cl)nc(N)nc32)c1C. The third-order valence-electron chi connectivity index (χ3n) is 16.6. The number of benzene rings is 1. The number of aliphatic hydroxyl groups excluding tert-OH is 1. The Hall–Kier alpha value is -5.26. The van der Waals surface area contributed by atoms with Crippen molar-refractivity contribution in [3.8, 4) is 23.3 Å². The lowest BCUT2D eigenvalue weighted by molar-refractivity contribution is -0.284. The number of likely N-dealkylation sites (N-methyl/N-ethyl adjacent to an activating group) is 2. The summed E-state index contributed by atoms with van der Waals surface area (Å²) in [6.45, 7) is 6.91. The summed E-state index contributed by atoms with van der Waals surface area (Å²) in [7, 11) is 3.42. The topological polar surface area (TPSA) is 175 Å². The second kappa shape index (κ2) is 26.3. The van der Waals surface area contributed by atoms with Crippen LogP contribution in [0.2, 0.25) is 5.15 Å². The molecule has 78 heavy (non-hydrogen) atoms. The standard InChI is InChI=1S/C57H75ClF5N7O7S/c1-36-33-65-45(37(2)49(36)75-6)35-70-34-39(48-50(58)66-52(64)67-51(48)70)18-13-14-28-76-53(72)68(4)26-27-69(5)54(73)77-41-19-20-42-40(32-41)31-38(47-43(42)23-25-55(3)44(47)21-22-46(55)71)17-12-10-8-7-9-11-15-29-78(74)30-16-24-56(59,60)57(61,62)63/h19-20,32-34,38,43-44,46-47,71H,7-12,14-17,21-31,35H2,1-6H3,(H2,64,66,67)/t38-,43+,44-,46+,47-,55+,78?/m1/s1. The van der Waals surface area contributed by atoms with E-state index in [1.54, 1.807) is 27.4 Å². The molecule has 3 aromatic heterocycles. The molecule has 3 heterocycles. The van der Waals surface area contributed by atoms with Crippen LogP contribution in [-0.2, 0) is 28.5 Å². The Kier molecular flexibility index (Phi) is 20.4. The van der Waals surface area contributed by atoms with Crippen molar-refractivity contribution in [2.75, 3.05) is 58.1 Å². The number of halogens is 6.